The normalized spacial score (nSPS) is 11.1. The number of sulfonamides is 1. The molecule has 1 amide bonds. The average Bonchev–Trinajstić information content (AvgIpc) is 2.81. The predicted octanol–water partition coefficient (Wildman–Crippen LogP) is 4.80. The van der Waals surface area contributed by atoms with Gasteiger partial charge in [0.25, 0.3) is 10.0 Å². The van der Waals surface area contributed by atoms with Crippen LogP contribution in [0.25, 0.3) is 0 Å². The predicted molar refractivity (Wildman–Crippen MR) is 128 cm³/mol. The molecule has 0 aliphatic rings. The van der Waals surface area contributed by atoms with Crippen LogP contribution in [0, 0.1) is 12.7 Å². The molecule has 3 aromatic rings. The quantitative estimate of drug-likeness (QED) is 0.445. The maximum Gasteiger partial charge on any atom is 0.338 e. The lowest BCUT2D eigenvalue weighted by Crippen LogP contribution is -2.38. The maximum absolute atomic E-state index is 13.7. The van der Waals surface area contributed by atoms with Crippen LogP contribution in [0.4, 0.5) is 15.8 Å². The summed E-state index contributed by atoms with van der Waals surface area (Å²) in [6.45, 7) is 3.02. The van der Waals surface area contributed by atoms with Crippen LogP contribution in [-0.2, 0) is 19.6 Å². The molecular weight excluding hydrogens is 483 g/mol. The first-order valence-electron chi connectivity index (χ1n) is 10.2. The van der Waals surface area contributed by atoms with Crippen LogP contribution >= 0.6 is 11.6 Å². The fourth-order valence-electron chi connectivity index (χ4n) is 3.14. The van der Waals surface area contributed by atoms with E-state index in [4.69, 9.17) is 16.3 Å². The summed E-state index contributed by atoms with van der Waals surface area (Å²) in [5.74, 6) is -1.85. The number of amides is 1. The highest BCUT2D eigenvalue weighted by Crippen LogP contribution is 2.28. The van der Waals surface area contributed by atoms with Crippen molar-refractivity contribution in [1.82, 2.24) is 0 Å². The van der Waals surface area contributed by atoms with Crippen molar-refractivity contribution in [3.8, 4) is 0 Å². The first-order chi connectivity index (χ1) is 16.1. The van der Waals surface area contributed by atoms with Gasteiger partial charge >= 0.3 is 5.97 Å². The molecule has 0 aromatic heterocycles. The Bertz CT molecular complexity index is 1320. The van der Waals surface area contributed by atoms with E-state index in [1.807, 2.05) is 0 Å². The number of anilines is 2. The number of esters is 1. The summed E-state index contributed by atoms with van der Waals surface area (Å²) in [5, 5.41) is 2.37. The molecule has 178 valence electrons. The summed E-state index contributed by atoms with van der Waals surface area (Å²) in [7, 11) is -4.18. The van der Waals surface area contributed by atoms with Gasteiger partial charge in [-0.3, -0.25) is 9.10 Å². The Hall–Kier alpha value is -3.43. The van der Waals surface area contributed by atoms with E-state index in [1.54, 1.807) is 38.1 Å². The lowest BCUT2D eigenvalue weighted by atomic mass is 10.1. The second kappa shape index (κ2) is 10.7. The molecule has 0 heterocycles. The van der Waals surface area contributed by atoms with Gasteiger partial charge in [0.1, 0.15) is 12.4 Å². The van der Waals surface area contributed by atoms with E-state index in [2.05, 4.69) is 5.32 Å². The number of aryl methyl sites for hydroxylation is 1. The standard InChI is InChI=1S/C24H22ClFN2O5S/c1-3-33-24(30)17-9-12-22(16(2)13-17)27-23(29)15-28(18-10-11-21(26)20(25)14-18)34(31,32)19-7-5-4-6-8-19/h4-14H,3,15H2,1-2H3,(H,27,29). The first-order valence-corrected chi connectivity index (χ1v) is 12.1. The summed E-state index contributed by atoms with van der Waals surface area (Å²) in [4.78, 5) is 24.7. The highest BCUT2D eigenvalue weighted by Gasteiger charge is 2.28. The molecule has 34 heavy (non-hydrogen) atoms. The van der Waals surface area contributed by atoms with Gasteiger partial charge in [-0.05, 0) is 67.9 Å². The third kappa shape index (κ3) is 5.73. The van der Waals surface area contributed by atoms with Crippen LogP contribution in [0.15, 0.2) is 71.6 Å². The number of ether oxygens (including phenoxy) is 1. The molecular formula is C24H22ClFN2O5S. The average molecular weight is 505 g/mol. The number of carbonyl (C=O) groups is 2. The molecule has 1 N–H and O–H groups in total. The van der Waals surface area contributed by atoms with Gasteiger partial charge in [-0.15, -0.1) is 0 Å². The molecule has 3 rings (SSSR count). The molecule has 0 bridgehead atoms. The van der Waals surface area contributed by atoms with Gasteiger partial charge in [-0.1, -0.05) is 29.8 Å². The van der Waals surface area contributed by atoms with Crippen molar-refractivity contribution >= 4 is 44.9 Å². The van der Waals surface area contributed by atoms with Crippen LogP contribution in [0.5, 0.6) is 0 Å². The zero-order valence-corrected chi connectivity index (χ0v) is 20.0. The Morgan fingerprint density at radius 3 is 2.38 bits per heavy atom. The third-order valence-corrected chi connectivity index (χ3v) is 6.90. The minimum atomic E-state index is -4.18. The van der Waals surface area contributed by atoms with Crippen molar-refractivity contribution in [3.63, 3.8) is 0 Å². The van der Waals surface area contributed by atoms with Crippen molar-refractivity contribution in [1.29, 1.82) is 0 Å². The summed E-state index contributed by atoms with van der Waals surface area (Å²) in [6, 6.07) is 15.5. The van der Waals surface area contributed by atoms with E-state index in [0.29, 0.717) is 16.8 Å². The number of hydrogen-bond acceptors (Lipinski definition) is 5. The van der Waals surface area contributed by atoms with E-state index in [1.165, 1.54) is 30.3 Å². The number of nitrogens with one attached hydrogen (secondary N) is 1. The molecule has 0 radical (unpaired) electrons. The summed E-state index contributed by atoms with van der Waals surface area (Å²) in [6.07, 6.45) is 0. The lowest BCUT2D eigenvalue weighted by molar-refractivity contribution is -0.114. The van der Waals surface area contributed by atoms with Crippen LogP contribution < -0.4 is 9.62 Å². The van der Waals surface area contributed by atoms with Crippen LogP contribution in [0.2, 0.25) is 5.02 Å². The number of hydrogen-bond donors (Lipinski definition) is 1. The highest BCUT2D eigenvalue weighted by atomic mass is 35.5. The van der Waals surface area contributed by atoms with Crippen LogP contribution in [0.3, 0.4) is 0 Å². The summed E-state index contributed by atoms with van der Waals surface area (Å²) < 4.78 is 46.2. The molecule has 0 saturated heterocycles. The van der Waals surface area contributed by atoms with E-state index >= 15 is 0 Å². The third-order valence-electron chi connectivity index (χ3n) is 4.82. The molecule has 7 nitrogen and oxygen atoms in total. The molecule has 0 fully saturated rings. The maximum atomic E-state index is 13.7. The number of nitrogens with zero attached hydrogens (tertiary/aromatic N) is 1. The van der Waals surface area contributed by atoms with Gasteiger partial charge in [-0.25, -0.2) is 17.6 Å². The Kier molecular flexibility index (Phi) is 7.90. The van der Waals surface area contributed by atoms with Crippen molar-refractivity contribution in [2.24, 2.45) is 0 Å². The molecule has 10 heteroatoms. The van der Waals surface area contributed by atoms with Crippen molar-refractivity contribution in [3.05, 3.63) is 88.7 Å². The minimum Gasteiger partial charge on any atom is -0.462 e. The summed E-state index contributed by atoms with van der Waals surface area (Å²) in [5.41, 5.74) is 1.33. The summed E-state index contributed by atoms with van der Waals surface area (Å²) >= 11 is 5.87. The fourth-order valence-corrected chi connectivity index (χ4v) is 4.75. The van der Waals surface area contributed by atoms with E-state index in [9.17, 15) is 22.4 Å². The molecule has 0 saturated carbocycles. The highest BCUT2D eigenvalue weighted by molar-refractivity contribution is 7.92. The van der Waals surface area contributed by atoms with Gasteiger partial charge in [-0.2, -0.15) is 0 Å². The number of carbonyl (C=O) groups excluding carboxylic acids is 2. The lowest BCUT2D eigenvalue weighted by Gasteiger charge is -2.24. The molecule has 0 atom stereocenters. The SMILES string of the molecule is CCOC(=O)c1ccc(NC(=O)CN(c2ccc(F)c(Cl)c2)S(=O)(=O)c2ccccc2)c(C)c1. The smallest absolute Gasteiger partial charge is 0.338 e. The Labute approximate surface area is 202 Å². The topological polar surface area (TPSA) is 92.8 Å². The Morgan fingerprint density at radius 1 is 1.06 bits per heavy atom. The molecule has 0 aliphatic heterocycles. The van der Waals surface area contributed by atoms with Crippen molar-refractivity contribution in [2.75, 3.05) is 22.8 Å². The monoisotopic (exact) mass is 504 g/mol. The number of halogens is 2. The van der Waals surface area contributed by atoms with Gasteiger partial charge in [0, 0.05) is 5.69 Å². The van der Waals surface area contributed by atoms with E-state index in [0.717, 1.165) is 16.4 Å². The van der Waals surface area contributed by atoms with E-state index < -0.39 is 34.3 Å². The minimum absolute atomic E-state index is 0.0276. The van der Waals surface area contributed by atoms with E-state index in [-0.39, 0.29) is 22.2 Å². The largest absolute Gasteiger partial charge is 0.462 e. The zero-order chi connectivity index (χ0) is 24.9. The molecule has 0 aliphatic carbocycles. The van der Waals surface area contributed by atoms with Crippen LogP contribution in [-0.4, -0.2) is 33.4 Å². The van der Waals surface area contributed by atoms with Gasteiger partial charge in [0.05, 0.1) is 27.8 Å². The van der Waals surface area contributed by atoms with Gasteiger partial charge < -0.3 is 10.1 Å². The second-order valence-electron chi connectivity index (χ2n) is 7.22. The van der Waals surface area contributed by atoms with Gasteiger partial charge in [0.2, 0.25) is 5.91 Å². The van der Waals surface area contributed by atoms with Gasteiger partial charge in [0.15, 0.2) is 0 Å². The first kappa shape index (κ1) is 25.2. The zero-order valence-electron chi connectivity index (χ0n) is 18.4. The molecule has 0 spiro atoms. The molecule has 3 aromatic carbocycles. The molecule has 0 unspecified atom stereocenters. The van der Waals surface area contributed by atoms with Crippen molar-refractivity contribution in [2.45, 2.75) is 18.7 Å². The number of rotatable bonds is 8. The Balaban J connectivity index is 1.90. The fraction of sp³-hybridized carbons (Fsp3) is 0.167. The number of benzene rings is 3. The Morgan fingerprint density at radius 2 is 1.76 bits per heavy atom. The second-order valence-corrected chi connectivity index (χ2v) is 9.49. The van der Waals surface area contributed by atoms with Crippen molar-refractivity contribution < 1.29 is 27.1 Å². The van der Waals surface area contributed by atoms with Crippen LogP contribution in [0.1, 0.15) is 22.8 Å².